The number of hydrogen-bond acceptors (Lipinski definition) is 4. The molecule has 0 fully saturated rings. The summed E-state index contributed by atoms with van der Waals surface area (Å²) in [6.45, 7) is 5.78. The average Bonchev–Trinajstić information content (AvgIpc) is 2.44. The summed E-state index contributed by atoms with van der Waals surface area (Å²) in [6.07, 6.45) is 0.362. The largest absolute Gasteiger partial charge is 0.379 e. The lowest BCUT2D eigenvalue weighted by Gasteiger charge is -2.13. The highest BCUT2D eigenvalue weighted by atomic mass is 16.5. The van der Waals surface area contributed by atoms with Crippen LogP contribution in [0.4, 0.5) is 0 Å². The molecule has 0 aliphatic carbocycles. The molecule has 0 radical (unpaired) electrons. The van der Waals surface area contributed by atoms with E-state index in [9.17, 15) is 4.79 Å². The van der Waals surface area contributed by atoms with E-state index in [0.29, 0.717) is 26.2 Å². The maximum absolute atomic E-state index is 11.1. The number of amides is 1. The summed E-state index contributed by atoms with van der Waals surface area (Å²) < 4.78 is 10.9. The number of nitrogens with two attached hydrogens (primary N) is 1. The van der Waals surface area contributed by atoms with Crippen LogP contribution < -0.4 is 11.3 Å². The van der Waals surface area contributed by atoms with Crippen molar-refractivity contribution >= 4 is 5.91 Å². The summed E-state index contributed by atoms with van der Waals surface area (Å²) >= 11 is 0. The number of ether oxygens (including phenoxy) is 2. The first-order valence-electron chi connectivity index (χ1n) is 6.42. The molecule has 3 N–H and O–H groups in total. The molecule has 1 rings (SSSR count). The summed E-state index contributed by atoms with van der Waals surface area (Å²) in [4.78, 5) is 11.1. The predicted molar refractivity (Wildman–Crippen MR) is 73.2 cm³/mol. The lowest BCUT2D eigenvalue weighted by Crippen LogP contribution is -2.31. The topological polar surface area (TPSA) is 73.6 Å². The van der Waals surface area contributed by atoms with Crippen molar-refractivity contribution in [3.05, 3.63) is 35.4 Å². The molecule has 1 unspecified atom stereocenters. The molecule has 1 amide bonds. The van der Waals surface area contributed by atoms with Gasteiger partial charge in [-0.25, -0.2) is 5.84 Å². The van der Waals surface area contributed by atoms with Crippen LogP contribution in [0.2, 0.25) is 0 Å². The van der Waals surface area contributed by atoms with Gasteiger partial charge in [0.2, 0.25) is 5.91 Å². The molecule has 0 saturated heterocycles. The van der Waals surface area contributed by atoms with Crippen molar-refractivity contribution in [1.29, 1.82) is 0 Å². The van der Waals surface area contributed by atoms with Crippen LogP contribution >= 0.6 is 0 Å². The molecule has 5 nitrogen and oxygen atoms in total. The Hall–Kier alpha value is -1.43. The van der Waals surface area contributed by atoms with Gasteiger partial charge in [-0.05, 0) is 25.0 Å². The third-order valence-corrected chi connectivity index (χ3v) is 2.64. The van der Waals surface area contributed by atoms with Gasteiger partial charge in [-0.15, -0.1) is 0 Å². The normalized spacial score (nSPS) is 12.2. The first-order chi connectivity index (χ1) is 9.15. The highest BCUT2D eigenvalue weighted by Crippen LogP contribution is 2.08. The fourth-order valence-corrected chi connectivity index (χ4v) is 1.56. The molecule has 0 aromatic heterocycles. The number of benzene rings is 1. The Morgan fingerprint density at radius 1 is 1.32 bits per heavy atom. The van der Waals surface area contributed by atoms with Gasteiger partial charge in [-0.3, -0.25) is 10.2 Å². The monoisotopic (exact) mass is 266 g/mol. The van der Waals surface area contributed by atoms with Crippen LogP contribution in [0, 0.1) is 0 Å². The highest BCUT2D eigenvalue weighted by molar-refractivity contribution is 5.77. The quantitative estimate of drug-likeness (QED) is 0.421. The fraction of sp³-hybridized carbons (Fsp3) is 0.500. The van der Waals surface area contributed by atoms with Gasteiger partial charge in [0.1, 0.15) is 0 Å². The molecule has 0 bridgehead atoms. The van der Waals surface area contributed by atoms with Crippen molar-refractivity contribution < 1.29 is 14.3 Å². The molecule has 0 aliphatic rings. The molecule has 0 aliphatic heterocycles. The van der Waals surface area contributed by atoms with E-state index in [1.165, 1.54) is 0 Å². The molecule has 0 spiro atoms. The second-order valence-electron chi connectivity index (χ2n) is 4.34. The zero-order valence-electron chi connectivity index (χ0n) is 11.5. The number of hydrazine groups is 1. The van der Waals surface area contributed by atoms with Gasteiger partial charge < -0.3 is 9.47 Å². The second-order valence-corrected chi connectivity index (χ2v) is 4.34. The zero-order chi connectivity index (χ0) is 14.1. The Bertz CT molecular complexity index is 379. The molecule has 0 heterocycles. The maximum Gasteiger partial charge on any atom is 0.238 e. The van der Waals surface area contributed by atoms with Crippen molar-refractivity contribution in [3.63, 3.8) is 0 Å². The summed E-state index contributed by atoms with van der Waals surface area (Å²) in [5.41, 5.74) is 4.10. The van der Waals surface area contributed by atoms with Gasteiger partial charge in [0, 0.05) is 6.61 Å². The number of rotatable bonds is 8. The van der Waals surface area contributed by atoms with Crippen LogP contribution in [-0.2, 0) is 27.3 Å². The zero-order valence-corrected chi connectivity index (χ0v) is 11.5. The van der Waals surface area contributed by atoms with Crippen LogP contribution in [-0.4, -0.2) is 25.2 Å². The van der Waals surface area contributed by atoms with Crippen LogP contribution in [0.1, 0.15) is 25.0 Å². The number of carbonyl (C=O) groups is 1. The number of carbonyl (C=O) groups excluding carboxylic acids is 1. The van der Waals surface area contributed by atoms with E-state index in [2.05, 4.69) is 5.43 Å². The van der Waals surface area contributed by atoms with Crippen LogP contribution in [0.15, 0.2) is 24.3 Å². The highest BCUT2D eigenvalue weighted by Gasteiger charge is 2.04. The molecule has 19 heavy (non-hydrogen) atoms. The van der Waals surface area contributed by atoms with Gasteiger partial charge >= 0.3 is 0 Å². The molecule has 1 aromatic carbocycles. The third-order valence-electron chi connectivity index (χ3n) is 2.64. The minimum absolute atomic E-state index is 0.0719. The van der Waals surface area contributed by atoms with Crippen molar-refractivity contribution in [2.75, 3.05) is 13.2 Å². The first kappa shape index (κ1) is 15.6. The smallest absolute Gasteiger partial charge is 0.238 e. The molecule has 5 heteroatoms. The van der Waals surface area contributed by atoms with E-state index in [1.54, 1.807) is 0 Å². The Labute approximate surface area is 114 Å². The Morgan fingerprint density at radius 3 is 2.53 bits per heavy atom. The van der Waals surface area contributed by atoms with Crippen molar-refractivity contribution in [2.45, 2.75) is 33.0 Å². The van der Waals surface area contributed by atoms with Gasteiger partial charge in [-0.2, -0.15) is 0 Å². The SMILES string of the molecule is CCOCC(C)OCc1ccc(CC(=O)NN)cc1. The summed E-state index contributed by atoms with van der Waals surface area (Å²) in [5.74, 6) is 4.84. The van der Waals surface area contributed by atoms with Gasteiger partial charge in [0.25, 0.3) is 0 Å². The molecule has 1 aromatic rings. The summed E-state index contributed by atoms with van der Waals surface area (Å²) in [6, 6.07) is 7.71. The lowest BCUT2D eigenvalue weighted by molar-refractivity contribution is -0.120. The predicted octanol–water partition coefficient (Wildman–Crippen LogP) is 1.16. The van der Waals surface area contributed by atoms with Crippen molar-refractivity contribution in [3.8, 4) is 0 Å². The minimum atomic E-state index is -0.200. The van der Waals surface area contributed by atoms with E-state index < -0.39 is 0 Å². The van der Waals surface area contributed by atoms with Crippen molar-refractivity contribution in [1.82, 2.24) is 5.43 Å². The molecular weight excluding hydrogens is 244 g/mol. The van der Waals surface area contributed by atoms with Gasteiger partial charge in [0.05, 0.1) is 25.7 Å². The van der Waals surface area contributed by atoms with Gasteiger partial charge in [-0.1, -0.05) is 24.3 Å². The molecular formula is C14H22N2O3. The standard InChI is InChI=1S/C14H22N2O3/c1-3-18-9-11(2)19-10-13-6-4-12(5-7-13)8-14(17)16-15/h4-7,11H,3,8-10,15H2,1-2H3,(H,16,17). The van der Waals surface area contributed by atoms with E-state index in [4.69, 9.17) is 15.3 Å². The third kappa shape index (κ3) is 6.33. The molecule has 106 valence electrons. The van der Waals surface area contributed by atoms with E-state index in [1.807, 2.05) is 38.1 Å². The van der Waals surface area contributed by atoms with E-state index >= 15 is 0 Å². The summed E-state index contributed by atoms with van der Waals surface area (Å²) in [5, 5.41) is 0. The fourth-order valence-electron chi connectivity index (χ4n) is 1.56. The molecule has 1 atom stereocenters. The maximum atomic E-state index is 11.1. The van der Waals surface area contributed by atoms with Crippen LogP contribution in [0.25, 0.3) is 0 Å². The number of hydrogen-bond donors (Lipinski definition) is 2. The lowest BCUT2D eigenvalue weighted by atomic mass is 10.1. The number of nitrogens with one attached hydrogen (secondary N) is 1. The summed E-state index contributed by atoms with van der Waals surface area (Å²) in [7, 11) is 0. The Balaban J connectivity index is 2.37. The Morgan fingerprint density at radius 2 is 1.95 bits per heavy atom. The Kier molecular flexibility index (Phi) is 7.10. The first-order valence-corrected chi connectivity index (χ1v) is 6.42. The van der Waals surface area contributed by atoms with Gasteiger partial charge in [0.15, 0.2) is 0 Å². The van der Waals surface area contributed by atoms with Crippen molar-refractivity contribution in [2.24, 2.45) is 5.84 Å². The minimum Gasteiger partial charge on any atom is -0.379 e. The second kappa shape index (κ2) is 8.63. The molecule has 0 saturated carbocycles. The van der Waals surface area contributed by atoms with Crippen LogP contribution in [0.5, 0.6) is 0 Å². The average molecular weight is 266 g/mol. The van der Waals surface area contributed by atoms with E-state index in [0.717, 1.165) is 11.1 Å². The van der Waals surface area contributed by atoms with E-state index in [-0.39, 0.29) is 12.0 Å². The van der Waals surface area contributed by atoms with Crippen LogP contribution in [0.3, 0.4) is 0 Å².